The van der Waals surface area contributed by atoms with Crippen molar-refractivity contribution in [1.29, 1.82) is 0 Å². The predicted molar refractivity (Wildman–Crippen MR) is 90.1 cm³/mol. The maximum Gasteiger partial charge on any atom is 0.415 e. The second kappa shape index (κ2) is 6.35. The Morgan fingerprint density at radius 1 is 1.21 bits per heavy atom. The van der Waals surface area contributed by atoms with E-state index in [1.54, 1.807) is 0 Å². The summed E-state index contributed by atoms with van der Waals surface area (Å²) in [6.07, 6.45) is -0.329. The van der Waals surface area contributed by atoms with Crippen LogP contribution in [0.2, 0.25) is 0 Å². The maximum absolute atomic E-state index is 12.6. The standard InChI is InChI=1S/C19H19NO4/c1-12-8-13(2)17-15(9-12)10-16(18(21)22)20(17)19(23)24-11-14-6-4-3-5-7-14/h3-9,16H,10-11H2,1-2H3,(H,21,22)/t16-/m0/s1. The number of amides is 1. The number of fused-ring (bicyclic) bond motifs is 1. The largest absolute Gasteiger partial charge is 0.480 e. The minimum Gasteiger partial charge on any atom is -0.480 e. The number of aryl methyl sites for hydroxylation is 2. The number of ether oxygens (including phenoxy) is 1. The van der Waals surface area contributed by atoms with Crippen molar-refractivity contribution >= 4 is 17.7 Å². The lowest BCUT2D eigenvalue weighted by Gasteiger charge is -2.23. The molecule has 5 heteroatoms. The van der Waals surface area contributed by atoms with E-state index in [0.29, 0.717) is 12.1 Å². The summed E-state index contributed by atoms with van der Waals surface area (Å²) < 4.78 is 5.36. The van der Waals surface area contributed by atoms with Crippen molar-refractivity contribution in [3.8, 4) is 0 Å². The zero-order valence-electron chi connectivity index (χ0n) is 13.7. The Morgan fingerprint density at radius 2 is 1.92 bits per heavy atom. The molecule has 0 unspecified atom stereocenters. The van der Waals surface area contributed by atoms with E-state index in [1.165, 1.54) is 4.90 Å². The second-order valence-corrected chi connectivity index (χ2v) is 6.06. The molecule has 5 nitrogen and oxygen atoms in total. The van der Waals surface area contributed by atoms with Gasteiger partial charge in [0.05, 0.1) is 5.69 Å². The molecule has 1 aliphatic heterocycles. The summed E-state index contributed by atoms with van der Waals surface area (Å²) in [5, 5.41) is 9.50. The van der Waals surface area contributed by atoms with Crippen molar-refractivity contribution in [2.45, 2.75) is 32.9 Å². The van der Waals surface area contributed by atoms with Crippen molar-refractivity contribution in [1.82, 2.24) is 0 Å². The number of nitrogens with zero attached hydrogens (tertiary/aromatic N) is 1. The molecule has 2 aromatic carbocycles. The molecule has 3 rings (SSSR count). The maximum atomic E-state index is 12.6. The molecule has 0 bridgehead atoms. The number of hydrogen-bond acceptors (Lipinski definition) is 3. The van der Waals surface area contributed by atoms with E-state index >= 15 is 0 Å². The minimum atomic E-state index is -1.03. The van der Waals surface area contributed by atoms with Gasteiger partial charge in [-0.1, -0.05) is 48.0 Å². The molecule has 1 amide bonds. The van der Waals surface area contributed by atoms with Gasteiger partial charge in [-0.15, -0.1) is 0 Å². The van der Waals surface area contributed by atoms with Crippen molar-refractivity contribution in [2.75, 3.05) is 4.90 Å². The summed E-state index contributed by atoms with van der Waals surface area (Å²) in [4.78, 5) is 25.5. The summed E-state index contributed by atoms with van der Waals surface area (Å²) in [5.74, 6) is -1.03. The fourth-order valence-electron chi connectivity index (χ4n) is 3.21. The Morgan fingerprint density at radius 3 is 2.58 bits per heavy atom. The normalized spacial score (nSPS) is 15.9. The molecule has 24 heavy (non-hydrogen) atoms. The van der Waals surface area contributed by atoms with Crippen molar-refractivity contribution in [2.24, 2.45) is 0 Å². The number of benzene rings is 2. The van der Waals surface area contributed by atoms with Gasteiger partial charge in [-0.3, -0.25) is 4.90 Å². The third-order valence-electron chi connectivity index (χ3n) is 4.18. The first kappa shape index (κ1) is 16.1. The molecule has 124 valence electrons. The number of carboxylic acid groups (broad SMARTS) is 1. The quantitative estimate of drug-likeness (QED) is 0.938. The van der Waals surface area contributed by atoms with Crippen LogP contribution in [0.1, 0.15) is 22.3 Å². The average molecular weight is 325 g/mol. The van der Waals surface area contributed by atoms with Crippen LogP contribution in [0.3, 0.4) is 0 Å². The van der Waals surface area contributed by atoms with E-state index in [2.05, 4.69) is 0 Å². The lowest BCUT2D eigenvalue weighted by atomic mass is 10.0. The molecule has 0 spiro atoms. The third-order valence-corrected chi connectivity index (χ3v) is 4.18. The molecule has 0 aliphatic carbocycles. The van der Waals surface area contributed by atoms with Crippen LogP contribution in [0, 0.1) is 13.8 Å². The van der Waals surface area contributed by atoms with Crippen LogP contribution in [-0.4, -0.2) is 23.2 Å². The van der Waals surface area contributed by atoms with Crippen LogP contribution in [0.25, 0.3) is 0 Å². The number of rotatable bonds is 3. The third kappa shape index (κ3) is 2.97. The molecule has 1 heterocycles. The number of anilines is 1. The molecule has 0 fully saturated rings. The highest BCUT2D eigenvalue weighted by Crippen LogP contribution is 2.36. The monoisotopic (exact) mass is 325 g/mol. The van der Waals surface area contributed by atoms with Gasteiger partial charge in [0.1, 0.15) is 12.6 Å². The van der Waals surface area contributed by atoms with Gasteiger partial charge in [-0.25, -0.2) is 9.59 Å². The summed E-state index contributed by atoms with van der Waals surface area (Å²) in [6, 6.07) is 12.3. The highest BCUT2D eigenvalue weighted by molar-refractivity contribution is 5.99. The van der Waals surface area contributed by atoms with E-state index in [4.69, 9.17) is 4.74 Å². The van der Waals surface area contributed by atoms with E-state index in [0.717, 1.165) is 22.3 Å². The summed E-state index contributed by atoms with van der Waals surface area (Å²) in [5.41, 5.74) is 4.32. The zero-order chi connectivity index (χ0) is 17.3. The number of hydrogen-bond donors (Lipinski definition) is 1. The molecule has 1 atom stereocenters. The summed E-state index contributed by atoms with van der Waals surface area (Å²) >= 11 is 0. The first-order valence-corrected chi connectivity index (χ1v) is 7.80. The number of carboxylic acids is 1. The van der Waals surface area contributed by atoms with Gasteiger partial charge in [0.25, 0.3) is 0 Å². The van der Waals surface area contributed by atoms with E-state index in [1.807, 2.05) is 56.3 Å². The van der Waals surface area contributed by atoms with Crippen LogP contribution >= 0.6 is 0 Å². The second-order valence-electron chi connectivity index (χ2n) is 6.06. The average Bonchev–Trinajstić information content (AvgIpc) is 2.93. The number of carbonyl (C=O) groups is 2. The summed E-state index contributed by atoms with van der Waals surface area (Å²) in [6.45, 7) is 3.95. The SMILES string of the molecule is Cc1cc(C)c2c(c1)C[C@@H](C(=O)O)N2C(=O)OCc1ccccc1. The van der Waals surface area contributed by atoms with Gasteiger partial charge in [0, 0.05) is 6.42 Å². The Labute approximate surface area is 140 Å². The van der Waals surface area contributed by atoms with Gasteiger partial charge in [0.2, 0.25) is 0 Å². The minimum absolute atomic E-state index is 0.114. The van der Waals surface area contributed by atoms with E-state index < -0.39 is 18.1 Å². The lowest BCUT2D eigenvalue weighted by Crippen LogP contribution is -2.43. The zero-order valence-corrected chi connectivity index (χ0v) is 13.7. The Bertz CT molecular complexity index is 785. The Kier molecular flexibility index (Phi) is 4.25. The molecule has 0 aromatic heterocycles. The molecule has 0 saturated carbocycles. The molecule has 1 aliphatic rings. The predicted octanol–water partition coefficient (Wildman–Crippen LogP) is 3.46. The molecule has 2 aromatic rings. The first-order chi connectivity index (χ1) is 11.5. The highest BCUT2D eigenvalue weighted by atomic mass is 16.6. The van der Waals surface area contributed by atoms with Crippen LogP contribution in [0.5, 0.6) is 0 Å². The Balaban J connectivity index is 1.87. The van der Waals surface area contributed by atoms with Gasteiger partial charge in [-0.05, 0) is 30.5 Å². The fraction of sp³-hybridized carbons (Fsp3) is 0.263. The van der Waals surface area contributed by atoms with Crippen LogP contribution < -0.4 is 4.90 Å². The smallest absolute Gasteiger partial charge is 0.415 e. The van der Waals surface area contributed by atoms with Crippen molar-refractivity contribution < 1.29 is 19.4 Å². The van der Waals surface area contributed by atoms with Crippen LogP contribution in [-0.2, 0) is 22.6 Å². The van der Waals surface area contributed by atoms with Gasteiger partial charge >= 0.3 is 12.1 Å². The molecule has 0 saturated heterocycles. The Hall–Kier alpha value is -2.82. The topological polar surface area (TPSA) is 66.8 Å². The van der Waals surface area contributed by atoms with Crippen LogP contribution in [0.4, 0.5) is 10.5 Å². The summed E-state index contributed by atoms with van der Waals surface area (Å²) in [7, 11) is 0. The van der Waals surface area contributed by atoms with Crippen molar-refractivity contribution in [3.05, 3.63) is 64.7 Å². The first-order valence-electron chi connectivity index (χ1n) is 7.80. The lowest BCUT2D eigenvalue weighted by molar-refractivity contribution is -0.138. The van der Waals surface area contributed by atoms with E-state index in [9.17, 15) is 14.7 Å². The van der Waals surface area contributed by atoms with Gasteiger partial charge in [0.15, 0.2) is 0 Å². The molecule has 0 radical (unpaired) electrons. The molecule has 1 N–H and O–H groups in total. The van der Waals surface area contributed by atoms with E-state index in [-0.39, 0.29) is 6.61 Å². The number of carbonyl (C=O) groups excluding carboxylic acids is 1. The number of aliphatic carboxylic acids is 1. The van der Waals surface area contributed by atoms with Crippen LogP contribution in [0.15, 0.2) is 42.5 Å². The highest BCUT2D eigenvalue weighted by Gasteiger charge is 2.40. The van der Waals surface area contributed by atoms with Crippen molar-refractivity contribution in [3.63, 3.8) is 0 Å². The van der Waals surface area contributed by atoms with Gasteiger partial charge < -0.3 is 9.84 Å². The molecular weight excluding hydrogens is 306 g/mol. The fourth-order valence-corrected chi connectivity index (χ4v) is 3.21. The molecular formula is C19H19NO4. The van der Waals surface area contributed by atoms with Gasteiger partial charge in [-0.2, -0.15) is 0 Å².